The number of methoxy groups -OCH3 is 1. The van der Waals surface area contributed by atoms with Crippen molar-refractivity contribution in [2.75, 3.05) is 19.0 Å². The van der Waals surface area contributed by atoms with Crippen molar-refractivity contribution in [3.63, 3.8) is 0 Å². The van der Waals surface area contributed by atoms with E-state index in [1.807, 2.05) is 0 Å². The zero-order valence-corrected chi connectivity index (χ0v) is 9.69. The first-order chi connectivity index (χ1) is 8.20. The summed E-state index contributed by atoms with van der Waals surface area (Å²) in [7, 11) is 1.48. The maximum atomic E-state index is 11.8. The molecular weight excluding hydrogens is 220 g/mol. The maximum Gasteiger partial charge on any atom is 0.241 e. The summed E-state index contributed by atoms with van der Waals surface area (Å²) in [6.45, 7) is 0.881. The largest absolute Gasteiger partial charge is 0.504 e. The van der Waals surface area contributed by atoms with Crippen LogP contribution in [-0.2, 0) is 4.79 Å². The summed E-state index contributed by atoms with van der Waals surface area (Å²) in [5.41, 5.74) is 0.571. The lowest BCUT2D eigenvalue weighted by molar-refractivity contribution is -0.117. The van der Waals surface area contributed by atoms with Gasteiger partial charge in [0, 0.05) is 11.8 Å². The van der Waals surface area contributed by atoms with Crippen molar-refractivity contribution in [3.8, 4) is 11.5 Å². The van der Waals surface area contributed by atoms with Crippen molar-refractivity contribution in [1.29, 1.82) is 0 Å². The van der Waals surface area contributed by atoms with Crippen LogP contribution < -0.4 is 15.4 Å². The van der Waals surface area contributed by atoms with Crippen molar-refractivity contribution in [1.82, 2.24) is 5.32 Å². The van der Waals surface area contributed by atoms with Gasteiger partial charge in [-0.2, -0.15) is 0 Å². The average Bonchev–Trinajstić information content (AvgIpc) is 2.82. The molecule has 1 aromatic carbocycles. The van der Waals surface area contributed by atoms with E-state index in [0.29, 0.717) is 11.4 Å². The number of benzene rings is 1. The van der Waals surface area contributed by atoms with E-state index in [4.69, 9.17) is 4.74 Å². The normalized spacial score (nSPS) is 19.0. The van der Waals surface area contributed by atoms with Gasteiger partial charge in [0.05, 0.1) is 13.2 Å². The second-order valence-corrected chi connectivity index (χ2v) is 4.02. The Labute approximate surface area is 99.8 Å². The molecule has 1 unspecified atom stereocenters. The van der Waals surface area contributed by atoms with Crippen molar-refractivity contribution in [3.05, 3.63) is 18.2 Å². The molecule has 1 aromatic rings. The molecule has 0 radical (unpaired) electrons. The maximum absolute atomic E-state index is 11.8. The molecule has 1 heterocycles. The molecule has 1 aliphatic heterocycles. The summed E-state index contributed by atoms with van der Waals surface area (Å²) in [4.78, 5) is 11.8. The molecule has 1 saturated heterocycles. The highest BCUT2D eigenvalue weighted by atomic mass is 16.5. The van der Waals surface area contributed by atoms with Gasteiger partial charge in [-0.15, -0.1) is 0 Å². The number of aromatic hydroxyl groups is 1. The van der Waals surface area contributed by atoms with E-state index in [9.17, 15) is 9.90 Å². The molecule has 5 heteroatoms. The Balaban J connectivity index is 2.03. The van der Waals surface area contributed by atoms with Gasteiger partial charge in [0.1, 0.15) is 0 Å². The number of anilines is 1. The van der Waals surface area contributed by atoms with Gasteiger partial charge in [0.2, 0.25) is 5.91 Å². The van der Waals surface area contributed by atoms with E-state index >= 15 is 0 Å². The number of hydrogen-bond acceptors (Lipinski definition) is 4. The average molecular weight is 236 g/mol. The number of rotatable bonds is 3. The number of ether oxygens (including phenoxy) is 1. The first kappa shape index (κ1) is 11.7. The second kappa shape index (κ2) is 5.05. The molecule has 0 bridgehead atoms. The van der Waals surface area contributed by atoms with Crippen LogP contribution in [0, 0.1) is 0 Å². The van der Waals surface area contributed by atoms with Crippen LogP contribution in [0.5, 0.6) is 11.5 Å². The first-order valence-corrected chi connectivity index (χ1v) is 5.62. The molecule has 92 valence electrons. The smallest absolute Gasteiger partial charge is 0.241 e. The molecule has 2 rings (SSSR count). The Hall–Kier alpha value is -1.75. The minimum Gasteiger partial charge on any atom is -0.504 e. The van der Waals surface area contributed by atoms with Crippen molar-refractivity contribution in [2.45, 2.75) is 18.9 Å². The number of phenolic OH excluding ortho intramolecular Hbond substituents is 1. The molecule has 3 N–H and O–H groups in total. The molecule has 17 heavy (non-hydrogen) atoms. The molecule has 1 amide bonds. The molecule has 5 nitrogen and oxygen atoms in total. The van der Waals surface area contributed by atoms with E-state index in [-0.39, 0.29) is 17.7 Å². The predicted octanol–water partition coefficient (Wildman–Crippen LogP) is 1.09. The Morgan fingerprint density at radius 3 is 3.00 bits per heavy atom. The van der Waals surface area contributed by atoms with Crippen LogP contribution >= 0.6 is 0 Å². The van der Waals surface area contributed by atoms with Gasteiger partial charge in [0.15, 0.2) is 11.5 Å². The fourth-order valence-electron chi connectivity index (χ4n) is 1.91. The Kier molecular flexibility index (Phi) is 3.49. The van der Waals surface area contributed by atoms with Gasteiger partial charge in [-0.25, -0.2) is 0 Å². The minimum atomic E-state index is -0.126. The third-order valence-electron chi connectivity index (χ3n) is 2.82. The van der Waals surface area contributed by atoms with E-state index in [1.54, 1.807) is 12.1 Å². The van der Waals surface area contributed by atoms with Crippen LogP contribution in [0.3, 0.4) is 0 Å². The van der Waals surface area contributed by atoms with E-state index < -0.39 is 0 Å². The van der Waals surface area contributed by atoms with Crippen LogP contribution in [0.4, 0.5) is 5.69 Å². The first-order valence-electron chi connectivity index (χ1n) is 5.62. The highest BCUT2D eigenvalue weighted by molar-refractivity contribution is 5.95. The number of carbonyl (C=O) groups excluding carboxylic acids is 1. The topological polar surface area (TPSA) is 70.6 Å². The van der Waals surface area contributed by atoms with Crippen LogP contribution in [-0.4, -0.2) is 30.7 Å². The van der Waals surface area contributed by atoms with Gasteiger partial charge in [-0.05, 0) is 31.5 Å². The summed E-state index contributed by atoms with van der Waals surface area (Å²) in [5.74, 6) is 0.346. The Morgan fingerprint density at radius 2 is 2.41 bits per heavy atom. The van der Waals surface area contributed by atoms with Gasteiger partial charge in [-0.1, -0.05) is 0 Å². The fraction of sp³-hybridized carbons (Fsp3) is 0.417. The fourth-order valence-corrected chi connectivity index (χ4v) is 1.91. The highest BCUT2D eigenvalue weighted by Gasteiger charge is 2.21. The quantitative estimate of drug-likeness (QED) is 0.734. The van der Waals surface area contributed by atoms with Crippen molar-refractivity contribution >= 4 is 11.6 Å². The Morgan fingerprint density at radius 1 is 1.59 bits per heavy atom. The SMILES string of the molecule is COc1ccc(NC(=O)C2CCCN2)cc1O. The summed E-state index contributed by atoms with van der Waals surface area (Å²) >= 11 is 0. The number of hydrogen-bond donors (Lipinski definition) is 3. The summed E-state index contributed by atoms with van der Waals surface area (Å²) in [5, 5.41) is 15.5. The lowest BCUT2D eigenvalue weighted by Gasteiger charge is -2.12. The van der Waals surface area contributed by atoms with Crippen LogP contribution in [0.25, 0.3) is 0 Å². The van der Waals surface area contributed by atoms with Crippen LogP contribution in [0.15, 0.2) is 18.2 Å². The molecular formula is C12H16N2O3. The van der Waals surface area contributed by atoms with Crippen molar-refractivity contribution in [2.24, 2.45) is 0 Å². The molecule has 0 aliphatic carbocycles. The zero-order chi connectivity index (χ0) is 12.3. The minimum absolute atomic E-state index is 0.0182. The van der Waals surface area contributed by atoms with Gasteiger partial charge < -0.3 is 20.5 Å². The zero-order valence-electron chi connectivity index (χ0n) is 9.69. The lowest BCUT2D eigenvalue weighted by Crippen LogP contribution is -2.35. The number of carbonyl (C=O) groups is 1. The van der Waals surface area contributed by atoms with E-state index in [0.717, 1.165) is 19.4 Å². The van der Waals surface area contributed by atoms with Crippen molar-refractivity contribution < 1.29 is 14.6 Å². The standard InChI is InChI=1S/C12H16N2O3/c1-17-11-5-4-8(7-10(11)15)14-12(16)9-3-2-6-13-9/h4-5,7,9,13,15H,2-3,6H2,1H3,(H,14,16). The second-order valence-electron chi connectivity index (χ2n) is 4.02. The van der Waals surface area contributed by atoms with Crippen LogP contribution in [0.1, 0.15) is 12.8 Å². The molecule has 1 atom stereocenters. The summed E-state index contributed by atoms with van der Waals surface area (Å²) in [6, 6.07) is 4.67. The molecule has 0 aromatic heterocycles. The highest BCUT2D eigenvalue weighted by Crippen LogP contribution is 2.28. The Bertz CT molecular complexity index is 414. The molecule has 0 spiro atoms. The number of phenols is 1. The number of nitrogens with one attached hydrogen (secondary N) is 2. The molecule has 1 aliphatic rings. The third kappa shape index (κ3) is 2.68. The van der Waals surface area contributed by atoms with E-state index in [1.165, 1.54) is 13.2 Å². The summed E-state index contributed by atoms with van der Waals surface area (Å²) < 4.78 is 4.93. The van der Waals surface area contributed by atoms with Gasteiger partial charge in [-0.3, -0.25) is 4.79 Å². The van der Waals surface area contributed by atoms with E-state index in [2.05, 4.69) is 10.6 Å². The van der Waals surface area contributed by atoms with Gasteiger partial charge in [0.25, 0.3) is 0 Å². The monoisotopic (exact) mass is 236 g/mol. The summed E-state index contributed by atoms with van der Waals surface area (Å²) in [6.07, 6.45) is 1.87. The van der Waals surface area contributed by atoms with Gasteiger partial charge >= 0.3 is 0 Å². The molecule has 1 fully saturated rings. The number of amides is 1. The predicted molar refractivity (Wildman–Crippen MR) is 64.3 cm³/mol. The molecule has 0 saturated carbocycles. The van der Waals surface area contributed by atoms with Crippen LogP contribution in [0.2, 0.25) is 0 Å². The third-order valence-corrected chi connectivity index (χ3v) is 2.82. The lowest BCUT2D eigenvalue weighted by atomic mass is 10.2.